The lowest BCUT2D eigenvalue weighted by Gasteiger charge is -2.12. The molecule has 0 bridgehead atoms. The lowest BCUT2D eigenvalue weighted by atomic mass is 10.0. The predicted octanol–water partition coefficient (Wildman–Crippen LogP) is 2.69. The van der Waals surface area contributed by atoms with E-state index < -0.39 is 0 Å². The molecule has 0 saturated carbocycles. The van der Waals surface area contributed by atoms with Crippen LogP contribution in [-0.4, -0.2) is 18.4 Å². The Hall–Kier alpha value is -2.56. The summed E-state index contributed by atoms with van der Waals surface area (Å²) in [5.74, 6) is 0.674. The summed E-state index contributed by atoms with van der Waals surface area (Å²) in [5, 5.41) is 5.59. The van der Waals surface area contributed by atoms with E-state index in [1.54, 1.807) is 0 Å². The lowest BCUT2D eigenvalue weighted by Crippen LogP contribution is -2.33. The molecule has 2 heterocycles. The summed E-state index contributed by atoms with van der Waals surface area (Å²) in [5.41, 5.74) is 2.99. The fourth-order valence-corrected chi connectivity index (χ4v) is 2.92. The van der Waals surface area contributed by atoms with E-state index in [-0.39, 0.29) is 11.8 Å². The van der Waals surface area contributed by atoms with Crippen LogP contribution in [0.15, 0.2) is 34.9 Å². The molecule has 5 heteroatoms. The first kappa shape index (κ1) is 16.3. The zero-order chi connectivity index (χ0) is 17.1. The van der Waals surface area contributed by atoms with E-state index in [0.717, 1.165) is 12.0 Å². The molecule has 24 heavy (non-hydrogen) atoms. The number of benzene rings is 1. The van der Waals surface area contributed by atoms with Crippen molar-refractivity contribution in [1.82, 2.24) is 10.6 Å². The smallest absolute Gasteiger partial charge is 0.255 e. The van der Waals surface area contributed by atoms with Crippen molar-refractivity contribution in [2.75, 3.05) is 6.54 Å². The van der Waals surface area contributed by atoms with Gasteiger partial charge in [-0.05, 0) is 23.5 Å². The molecular weight excluding hydrogens is 304 g/mol. The summed E-state index contributed by atoms with van der Waals surface area (Å²) in [6, 6.07) is 8.23. The Morgan fingerprint density at radius 2 is 1.96 bits per heavy atom. The number of hydrogen-bond acceptors (Lipinski definition) is 3. The van der Waals surface area contributed by atoms with Crippen LogP contribution in [0.2, 0.25) is 0 Å². The number of furan rings is 1. The highest BCUT2D eigenvalue weighted by Gasteiger charge is 2.27. The first-order chi connectivity index (χ1) is 11.5. The van der Waals surface area contributed by atoms with Crippen molar-refractivity contribution >= 4 is 11.8 Å². The van der Waals surface area contributed by atoms with Gasteiger partial charge in [-0.1, -0.05) is 38.1 Å². The van der Waals surface area contributed by atoms with Crippen LogP contribution in [0, 0.1) is 5.92 Å². The third kappa shape index (κ3) is 3.50. The molecule has 2 aromatic rings. The Labute approximate surface area is 141 Å². The number of amides is 2. The summed E-state index contributed by atoms with van der Waals surface area (Å²) in [4.78, 5) is 24.3. The first-order valence-electron chi connectivity index (χ1n) is 8.29. The van der Waals surface area contributed by atoms with Crippen molar-refractivity contribution < 1.29 is 14.0 Å². The summed E-state index contributed by atoms with van der Waals surface area (Å²) in [6.07, 6.45) is 3.03. The number of nitrogens with one attached hydrogen (secondary N) is 2. The van der Waals surface area contributed by atoms with Gasteiger partial charge in [-0.15, -0.1) is 0 Å². The molecule has 2 amide bonds. The summed E-state index contributed by atoms with van der Waals surface area (Å²) in [7, 11) is 0. The van der Waals surface area contributed by atoms with E-state index in [2.05, 4.69) is 36.6 Å². The van der Waals surface area contributed by atoms with Crippen LogP contribution in [-0.2, 0) is 19.4 Å². The number of carbonyl (C=O) groups is 2. The maximum atomic E-state index is 12.4. The highest BCUT2D eigenvalue weighted by molar-refractivity contribution is 6.08. The van der Waals surface area contributed by atoms with Crippen LogP contribution in [0.4, 0.5) is 0 Å². The zero-order valence-electron chi connectivity index (χ0n) is 14.0. The predicted molar refractivity (Wildman–Crippen MR) is 90.9 cm³/mol. The first-order valence-corrected chi connectivity index (χ1v) is 8.29. The van der Waals surface area contributed by atoms with Gasteiger partial charge in [-0.2, -0.15) is 0 Å². The SMILES string of the molecule is CC(C)Cc1ccc(CNC(=O)c2coc3c2C(=O)NCC3)cc1. The molecule has 0 aliphatic carbocycles. The fourth-order valence-electron chi connectivity index (χ4n) is 2.92. The van der Waals surface area contributed by atoms with Crippen LogP contribution >= 0.6 is 0 Å². The van der Waals surface area contributed by atoms with E-state index in [9.17, 15) is 9.59 Å². The summed E-state index contributed by atoms with van der Waals surface area (Å²) < 4.78 is 5.36. The molecule has 1 aliphatic heterocycles. The quantitative estimate of drug-likeness (QED) is 0.887. The topological polar surface area (TPSA) is 71.3 Å². The van der Waals surface area contributed by atoms with Crippen LogP contribution in [0.3, 0.4) is 0 Å². The molecule has 2 N–H and O–H groups in total. The minimum atomic E-state index is -0.289. The molecule has 0 radical (unpaired) electrons. The molecule has 1 aliphatic rings. The van der Waals surface area contributed by atoms with E-state index >= 15 is 0 Å². The van der Waals surface area contributed by atoms with Gasteiger partial charge in [0, 0.05) is 19.5 Å². The summed E-state index contributed by atoms with van der Waals surface area (Å²) in [6.45, 7) is 5.34. The van der Waals surface area contributed by atoms with Crippen LogP contribution < -0.4 is 10.6 Å². The molecule has 0 fully saturated rings. The van der Waals surface area contributed by atoms with Gasteiger partial charge >= 0.3 is 0 Å². The highest BCUT2D eigenvalue weighted by atomic mass is 16.3. The molecular formula is C19H22N2O3. The van der Waals surface area contributed by atoms with E-state index in [0.29, 0.717) is 42.3 Å². The second-order valence-electron chi connectivity index (χ2n) is 6.55. The number of hydrogen-bond donors (Lipinski definition) is 2. The average molecular weight is 326 g/mol. The monoisotopic (exact) mass is 326 g/mol. The van der Waals surface area contributed by atoms with Gasteiger partial charge in [0.25, 0.3) is 11.8 Å². The van der Waals surface area contributed by atoms with Crippen LogP contribution in [0.25, 0.3) is 0 Å². The Balaban J connectivity index is 1.64. The molecule has 0 unspecified atom stereocenters. The van der Waals surface area contributed by atoms with E-state index in [1.165, 1.54) is 11.8 Å². The van der Waals surface area contributed by atoms with Gasteiger partial charge in [0.2, 0.25) is 0 Å². The van der Waals surface area contributed by atoms with Crippen LogP contribution in [0.1, 0.15) is 51.5 Å². The van der Waals surface area contributed by atoms with Crippen molar-refractivity contribution in [2.45, 2.75) is 33.2 Å². The van der Waals surface area contributed by atoms with Gasteiger partial charge in [0.05, 0.1) is 11.1 Å². The van der Waals surface area contributed by atoms with Gasteiger partial charge in [0.15, 0.2) is 0 Å². The summed E-state index contributed by atoms with van der Waals surface area (Å²) >= 11 is 0. The maximum absolute atomic E-state index is 12.4. The second-order valence-corrected chi connectivity index (χ2v) is 6.55. The number of carbonyl (C=O) groups excluding carboxylic acids is 2. The van der Waals surface area contributed by atoms with Gasteiger partial charge in [-0.3, -0.25) is 9.59 Å². The largest absolute Gasteiger partial charge is 0.468 e. The Morgan fingerprint density at radius 3 is 2.67 bits per heavy atom. The van der Waals surface area contributed by atoms with Gasteiger partial charge in [0.1, 0.15) is 12.0 Å². The molecule has 0 saturated heterocycles. The minimum Gasteiger partial charge on any atom is -0.468 e. The van der Waals surface area contributed by atoms with Crippen molar-refractivity contribution in [2.24, 2.45) is 5.92 Å². The molecule has 1 aromatic carbocycles. The van der Waals surface area contributed by atoms with Crippen molar-refractivity contribution in [3.63, 3.8) is 0 Å². The molecule has 0 spiro atoms. The van der Waals surface area contributed by atoms with E-state index in [1.807, 2.05) is 12.1 Å². The van der Waals surface area contributed by atoms with Gasteiger partial charge in [-0.25, -0.2) is 0 Å². The average Bonchev–Trinajstić information content (AvgIpc) is 2.99. The lowest BCUT2D eigenvalue weighted by molar-refractivity contribution is 0.0913. The van der Waals surface area contributed by atoms with Crippen molar-refractivity contribution in [3.8, 4) is 0 Å². The zero-order valence-corrected chi connectivity index (χ0v) is 14.0. The third-order valence-electron chi connectivity index (χ3n) is 4.10. The molecule has 5 nitrogen and oxygen atoms in total. The Bertz CT molecular complexity index is 744. The standard InChI is InChI=1S/C19H22N2O3/c1-12(2)9-13-3-5-14(6-4-13)10-21-18(22)15-11-24-16-7-8-20-19(23)17(15)16/h3-6,11-12H,7-10H2,1-2H3,(H,20,23)(H,21,22). The van der Waals surface area contributed by atoms with Gasteiger partial charge < -0.3 is 15.1 Å². The normalized spacial score (nSPS) is 13.5. The highest BCUT2D eigenvalue weighted by Crippen LogP contribution is 2.20. The van der Waals surface area contributed by atoms with E-state index in [4.69, 9.17) is 4.42 Å². The molecule has 126 valence electrons. The van der Waals surface area contributed by atoms with Crippen LogP contribution in [0.5, 0.6) is 0 Å². The Morgan fingerprint density at radius 1 is 1.25 bits per heavy atom. The maximum Gasteiger partial charge on any atom is 0.255 e. The van der Waals surface area contributed by atoms with Crippen molar-refractivity contribution in [3.05, 3.63) is 58.5 Å². The molecule has 0 atom stereocenters. The number of fused-ring (bicyclic) bond motifs is 1. The number of rotatable bonds is 5. The third-order valence-corrected chi connectivity index (χ3v) is 4.10. The second kappa shape index (κ2) is 6.91. The molecule has 3 rings (SSSR count). The fraction of sp³-hybridized carbons (Fsp3) is 0.368. The van der Waals surface area contributed by atoms with Crippen molar-refractivity contribution in [1.29, 1.82) is 0 Å². The Kier molecular flexibility index (Phi) is 4.69. The molecule has 1 aromatic heterocycles. The minimum absolute atomic E-state index is 0.242.